The molecule has 0 saturated heterocycles. The van der Waals surface area contributed by atoms with E-state index in [1.54, 1.807) is 19.0 Å². The lowest BCUT2D eigenvalue weighted by atomic mass is 9.87. The number of likely N-dealkylation sites (N-methyl/N-ethyl adjacent to an activating group) is 1. The normalized spacial score (nSPS) is 18.0. The van der Waals surface area contributed by atoms with Gasteiger partial charge in [-0.25, -0.2) is 13.5 Å². The molecule has 4 rings (SSSR count). The zero-order valence-electron chi connectivity index (χ0n) is 28.1. The third-order valence-electron chi connectivity index (χ3n) is 8.80. The smallest absolute Gasteiger partial charge is 0.419 e. The van der Waals surface area contributed by atoms with Crippen molar-refractivity contribution in [3.63, 3.8) is 0 Å². The van der Waals surface area contributed by atoms with Crippen LogP contribution in [0.4, 0.5) is 35.1 Å². The van der Waals surface area contributed by atoms with Crippen molar-refractivity contribution in [2.45, 2.75) is 89.1 Å². The Kier molecular flexibility index (Phi) is 12.3. The molecule has 2 N–H and O–H groups in total. The first-order chi connectivity index (χ1) is 23.8. The number of carbonyl (C=O) groups is 2. The van der Waals surface area contributed by atoms with Crippen LogP contribution in [0.15, 0.2) is 35.1 Å². The summed E-state index contributed by atoms with van der Waals surface area (Å²) >= 11 is 0. The van der Waals surface area contributed by atoms with Crippen LogP contribution in [0.1, 0.15) is 90.5 Å². The fourth-order valence-electron chi connectivity index (χ4n) is 6.39. The maximum atomic E-state index is 15.9. The molecule has 0 saturated carbocycles. The molecule has 0 unspecified atom stereocenters. The number of halogens is 8. The summed E-state index contributed by atoms with van der Waals surface area (Å²) in [6.45, 7) is 1.57. The van der Waals surface area contributed by atoms with E-state index in [9.17, 15) is 50.2 Å². The van der Waals surface area contributed by atoms with Gasteiger partial charge in [-0.15, -0.1) is 0 Å². The molecule has 3 aromatic rings. The maximum absolute atomic E-state index is 15.9. The summed E-state index contributed by atoms with van der Waals surface area (Å²) in [5, 5.41) is 16.0. The van der Waals surface area contributed by atoms with Gasteiger partial charge in [-0.1, -0.05) is 25.7 Å². The molecule has 51 heavy (non-hydrogen) atoms. The number of carboxylic acid groups (broad SMARTS) is 1. The Morgan fingerprint density at radius 1 is 0.941 bits per heavy atom. The molecule has 278 valence electrons. The largest absolute Gasteiger partial charge is 0.481 e. The number of aliphatic carboxylic acids is 1. The number of carboxylic acids is 1. The molecule has 0 aliphatic carbocycles. The molecular formula is C35H38F8N4O4. The summed E-state index contributed by atoms with van der Waals surface area (Å²) in [7, 11) is 3.22. The number of nitrogens with one attached hydrogen (secondary N) is 1. The van der Waals surface area contributed by atoms with E-state index in [1.165, 1.54) is 13.0 Å². The van der Waals surface area contributed by atoms with Crippen LogP contribution in [0.2, 0.25) is 0 Å². The number of aryl methyl sites for hydroxylation is 2. The number of carbonyl (C=O) groups excluding carboxylic acids is 1. The van der Waals surface area contributed by atoms with E-state index in [-0.39, 0.29) is 48.9 Å². The average Bonchev–Trinajstić information content (AvgIpc) is 3.00. The van der Waals surface area contributed by atoms with Crippen molar-refractivity contribution < 1.29 is 49.8 Å². The minimum atomic E-state index is -5.27. The molecule has 2 heterocycles. The number of hydrogen-bond donors (Lipinski definition) is 2. The highest BCUT2D eigenvalue weighted by atomic mass is 19.4. The van der Waals surface area contributed by atoms with E-state index in [0.29, 0.717) is 48.1 Å². The summed E-state index contributed by atoms with van der Waals surface area (Å²) in [5.74, 6) is -5.26. The van der Waals surface area contributed by atoms with Crippen molar-refractivity contribution in [2.75, 3.05) is 20.6 Å². The second-order valence-corrected chi connectivity index (χ2v) is 13.0. The van der Waals surface area contributed by atoms with E-state index >= 15 is 4.39 Å². The van der Waals surface area contributed by atoms with Crippen molar-refractivity contribution in [1.82, 2.24) is 20.0 Å². The molecule has 2 bridgehead atoms. The summed E-state index contributed by atoms with van der Waals surface area (Å²) in [4.78, 5) is 40.7. The van der Waals surface area contributed by atoms with Gasteiger partial charge in [-0.3, -0.25) is 14.4 Å². The molecule has 16 heteroatoms. The fourth-order valence-corrected chi connectivity index (χ4v) is 6.39. The first kappa shape index (κ1) is 39.4. The molecule has 2 atom stereocenters. The quantitative estimate of drug-likeness (QED) is 0.256. The Morgan fingerprint density at radius 2 is 1.59 bits per heavy atom. The summed E-state index contributed by atoms with van der Waals surface area (Å²) in [6, 6.07) is 0.580. The van der Waals surface area contributed by atoms with Gasteiger partial charge >= 0.3 is 18.3 Å². The van der Waals surface area contributed by atoms with E-state index in [4.69, 9.17) is 0 Å². The minimum absolute atomic E-state index is 0.0955. The number of amides is 1. The molecular weight excluding hydrogens is 692 g/mol. The standard InChI is InChI=1S/C35H38F8N4O4/c1-19-13-22(36)14-20-9-7-5-4-6-8-10-28(47-29(48)17-24(34(38,39)40)26(45-47)11-12-46(2)3)33(51)44-27(18-30(49)50)23-15-21(31(19)20)16-25(32(23)37)35(41,42)43/h13-17,27-28H,4-12,18H2,1-3H3,(H,44,51)(H,49,50)/t27-,28-/m0/s1. The molecule has 2 aromatic carbocycles. The second kappa shape index (κ2) is 15.9. The predicted octanol–water partition coefficient (Wildman–Crippen LogP) is 7.41. The van der Waals surface area contributed by atoms with Gasteiger partial charge in [0.25, 0.3) is 5.56 Å². The van der Waals surface area contributed by atoms with Gasteiger partial charge in [0, 0.05) is 24.6 Å². The molecule has 0 radical (unpaired) electrons. The number of nitrogens with zero attached hydrogens (tertiary/aromatic N) is 3. The van der Waals surface area contributed by atoms with E-state index in [0.717, 1.165) is 12.1 Å². The van der Waals surface area contributed by atoms with Crippen LogP contribution in [-0.2, 0) is 34.8 Å². The topological polar surface area (TPSA) is 105 Å². The number of hydrogen-bond acceptors (Lipinski definition) is 5. The Hall–Kier alpha value is -4.34. The fraction of sp³-hybridized carbons (Fsp3) is 0.486. The van der Waals surface area contributed by atoms with Crippen molar-refractivity contribution in [2.24, 2.45) is 0 Å². The Balaban J connectivity index is 1.94. The third-order valence-corrected chi connectivity index (χ3v) is 8.80. The zero-order chi connectivity index (χ0) is 37.8. The summed E-state index contributed by atoms with van der Waals surface area (Å²) in [6.07, 6.45) is -9.12. The molecule has 1 aromatic heterocycles. The third kappa shape index (κ3) is 9.71. The number of aromatic nitrogens is 2. The molecule has 8 nitrogen and oxygen atoms in total. The van der Waals surface area contributed by atoms with Crippen molar-refractivity contribution in [3.05, 3.63) is 85.8 Å². The monoisotopic (exact) mass is 730 g/mol. The van der Waals surface area contributed by atoms with Crippen LogP contribution < -0.4 is 10.9 Å². The first-order valence-electron chi connectivity index (χ1n) is 16.3. The van der Waals surface area contributed by atoms with Crippen molar-refractivity contribution in [3.8, 4) is 11.1 Å². The SMILES string of the molecule is Cc1cc(F)cc2c1-c1cc(c(F)c(C(F)(F)F)c1)[C@H](CC(=O)O)NC(=O)[C@@H](n1nc(CCN(C)C)c(C(F)(F)F)cc1=O)CCCCCCC2. The maximum Gasteiger partial charge on any atom is 0.419 e. The van der Waals surface area contributed by atoms with Crippen LogP contribution >= 0.6 is 0 Å². The molecule has 1 amide bonds. The highest BCUT2D eigenvalue weighted by molar-refractivity contribution is 5.82. The molecule has 1 aliphatic heterocycles. The van der Waals surface area contributed by atoms with Crippen molar-refractivity contribution in [1.29, 1.82) is 0 Å². The Labute approximate surface area is 288 Å². The van der Waals surface area contributed by atoms with Gasteiger partial charge in [0.05, 0.1) is 29.3 Å². The second-order valence-electron chi connectivity index (χ2n) is 13.0. The molecule has 0 spiro atoms. The van der Waals surface area contributed by atoms with Crippen LogP contribution in [0.3, 0.4) is 0 Å². The van der Waals surface area contributed by atoms with Crippen LogP contribution in [0, 0.1) is 18.6 Å². The number of benzene rings is 2. The lowest BCUT2D eigenvalue weighted by Gasteiger charge is -2.26. The Bertz CT molecular complexity index is 1820. The lowest BCUT2D eigenvalue weighted by Crippen LogP contribution is -2.42. The van der Waals surface area contributed by atoms with Crippen molar-refractivity contribution >= 4 is 11.9 Å². The van der Waals surface area contributed by atoms with E-state index in [2.05, 4.69) is 10.4 Å². The minimum Gasteiger partial charge on any atom is -0.481 e. The van der Waals surface area contributed by atoms with E-state index < -0.39 is 82.3 Å². The molecule has 1 aliphatic rings. The van der Waals surface area contributed by atoms with E-state index in [1.807, 2.05) is 0 Å². The van der Waals surface area contributed by atoms with Gasteiger partial charge in [0.15, 0.2) is 0 Å². The lowest BCUT2D eigenvalue weighted by molar-refractivity contribution is -0.140. The highest BCUT2D eigenvalue weighted by Crippen LogP contribution is 2.41. The first-order valence-corrected chi connectivity index (χ1v) is 16.3. The summed E-state index contributed by atoms with van der Waals surface area (Å²) in [5.41, 5.74) is -5.09. The Morgan fingerprint density at radius 3 is 2.22 bits per heavy atom. The predicted molar refractivity (Wildman–Crippen MR) is 171 cm³/mol. The zero-order valence-corrected chi connectivity index (χ0v) is 28.1. The average molecular weight is 731 g/mol. The van der Waals surface area contributed by atoms with Gasteiger partial charge in [0.1, 0.15) is 17.7 Å². The van der Waals surface area contributed by atoms with Crippen LogP contribution in [0.25, 0.3) is 11.1 Å². The number of alkyl halides is 6. The van der Waals surface area contributed by atoms with Gasteiger partial charge in [0.2, 0.25) is 5.91 Å². The number of rotatable bonds is 6. The van der Waals surface area contributed by atoms with Gasteiger partial charge in [-0.2, -0.15) is 31.4 Å². The molecule has 0 fully saturated rings. The van der Waals surface area contributed by atoms with Crippen LogP contribution in [-0.4, -0.2) is 52.3 Å². The van der Waals surface area contributed by atoms with Gasteiger partial charge < -0.3 is 15.3 Å². The summed E-state index contributed by atoms with van der Waals surface area (Å²) < 4.78 is 116. The number of fused-ring (bicyclic) bond motifs is 4. The van der Waals surface area contributed by atoms with Crippen LogP contribution in [0.5, 0.6) is 0 Å². The van der Waals surface area contributed by atoms with Gasteiger partial charge in [-0.05, 0) is 86.8 Å². The highest BCUT2D eigenvalue weighted by Gasteiger charge is 2.39.